The largest absolute Gasteiger partial charge is 0.344 e. The zero-order valence-corrected chi connectivity index (χ0v) is 15.1. The lowest BCUT2D eigenvalue weighted by atomic mass is 10.1. The first-order valence-electron chi connectivity index (χ1n) is 9.19. The first-order valence-corrected chi connectivity index (χ1v) is 9.19. The Hall–Kier alpha value is -3.92. The first-order chi connectivity index (χ1) is 13.9. The van der Waals surface area contributed by atoms with Gasteiger partial charge in [-0.2, -0.15) is 0 Å². The lowest BCUT2D eigenvalue weighted by Crippen LogP contribution is -1.85. The van der Waals surface area contributed by atoms with Gasteiger partial charge in [0.2, 0.25) is 0 Å². The van der Waals surface area contributed by atoms with Crippen LogP contribution in [0, 0.1) is 0 Å². The van der Waals surface area contributed by atoms with Crippen LogP contribution in [-0.4, -0.2) is 19.9 Å². The highest BCUT2D eigenvalue weighted by atomic mass is 14.9. The average Bonchev–Trinajstić information content (AvgIpc) is 3.46. The fraction of sp³-hybridized carbons (Fsp3) is 0. The molecular formula is C24H18N4. The second-order valence-electron chi connectivity index (χ2n) is 6.58. The summed E-state index contributed by atoms with van der Waals surface area (Å²) in [5.74, 6) is 1.69. The van der Waals surface area contributed by atoms with Gasteiger partial charge in [0.1, 0.15) is 11.6 Å². The van der Waals surface area contributed by atoms with Crippen LogP contribution in [0.4, 0.5) is 0 Å². The van der Waals surface area contributed by atoms with Gasteiger partial charge in [-0.15, -0.1) is 0 Å². The fourth-order valence-electron chi connectivity index (χ4n) is 3.27. The van der Waals surface area contributed by atoms with Gasteiger partial charge in [0.15, 0.2) is 0 Å². The molecule has 0 aliphatic rings. The molecule has 5 rings (SSSR count). The van der Waals surface area contributed by atoms with Gasteiger partial charge >= 0.3 is 0 Å². The Morgan fingerprint density at radius 1 is 0.464 bits per heavy atom. The summed E-state index contributed by atoms with van der Waals surface area (Å²) in [5, 5.41) is 0. The summed E-state index contributed by atoms with van der Waals surface area (Å²) in [4.78, 5) is 16.1. The molecule has 0 radical (unpaired) electrons. The second kappa shape index (κ2) is 7.00. The predicted molar refractivity (Wildman–Crippen MR) is 112 cm³/mol. The molecule has 0 saturated heterocycles. The molecule has 5 aromatic rings. The molecule has 0 bridgehead atoms. The van der Waals surface area contributed by atoms with Crippen molar-refractivity contribution in [2.75, 3.05) is 0 Å². The molecule has 0 fully saturated rings. The third-order valence-corrected chi connectivity index (χ3v) is 4.70. The van der Waals surface area contributed by atoms with E-state index in [1.807, 2.05) is 54.9 Å². The number of nitrogens with zero attached hydrogens (tertiary/aromatic N) is 2. The van der Waals surface area contributed by atoms with Crippen molar-refractivity contribution >= 4 is 0 Å². The Morgan fingerprint density at radius 3 is 1.36 bits per heavy atom. The van der Waals surface area contributed by atoms with Crippen molar-refractivity contribution in [3.63, 3.8) is 0 Å². The summed E-state index contributed by atoms with van der Waals surface area (Å²) in [6, 6.07) is 28.6. The third kappa shape index (κ3) is 3.12. The normalized spacial score (nSPS) is 10.9. The topological polar surface area (TPSA) is 57.4 Å². The molecule has 4 nitrogen and oxygen atoms in total. The Morgan fingerprint density at radius 2 is 0.893 bits per heavy atom. The van der Waals surface area contributed by atoms with Gasteiger partial charge < -0.3 is 9.97 Å². The van der Waals surface area contributed by atoms with Gasteiger partial charge in [0.05, 0.1) is 11.4 Å². The quantitative estimate of drug-likeness (QED) is 0.424. The zero-order valence-electron chi connectivity index (χ0n) is 15.1. The molecule has 0 aliphatic carbocycles. The molecular weight excluding hydrogens is 344 g/mol. The molecule has 0 aliphatic heterocycles. The van der Waals surface area contributed by atoms with Gasteiger partial charge in [-0.05, 0) is 6.07 Å². The van der Waals surface area contributed by atoms with E-state index in [1.165, 1.54) is 0 Å². The van der Waals surface area contributed by atoms with E-state index in [2.05, 4.69) is 52.4 Å². The van der Waals surface area contributed by atoms with Crippen LogP contribution >= 0.6 is 0 Å². The first kappa shape index (κ1) is 16.3. The lowest BCUT2D eigenvalue weighted by Gasteiger charge is -2.01. The minimum absolute atomic E-state index is 0.843. The van der Waals surface area contributed by atoms with Crippen LogP contribution < -0.4 is 0 Å². The molecule has 2 aromatic heterocycles. The summed E-state index contributed by atoms with van der Waals surface area (Å²) >= 11 is 0. The standard InChI is InChI=1S/C24H18N4/c1-3-8-17(9-4-1)21-15-25-23(27-21)19-12-7-13-20(14-19)24-26-16-22(28-24)18-10-5-2-6-11-18/h1-16H,(H,25,27)(H,26,28). The molecule has 2 N–H and O–H groups in total. The average molecular weight is 362 g/mol. The number of hydrogen-bond acceptors (Lipinski definition) is 2. The van der Waals surface area contributed by atoms with Crippen molar-refractivity contribution in [2.24, 2.45) is 0 Å². The molecule has 0 unspecified atom stereocenters. The van der Waals surface area contributed by atoms with E-state index in [4.69, 9.17) is 9.97 Å². The Balaban J connectivity index is 1.46. The highest BCUT2D eigenvalue weighted by Gasteiger charge is 2.10. The maximum atomic E-state index is 4.75. The molecule has 4 heteroatoms. The second-order valence-corrected chi connectivity index (χ2v) is 6.58. The number of aromatic nitrogens is 4. The highest BCUT2D eigenvalue weighted by molar-refractivity contribution is 5.70. The molecule has 0 atom stereocenters. The van der Waals surface area contributed by atoms with E-state index in [0.717, 1.165) is 45.3 Å². The summed E-state index contributed by atoms with van der Waals surface area (Å²) in [6.45, 7) is 0. The molecule has 134 valence electrons. The molecule has 0 saturated carbocycles. The molecule has 0 amide bonds. The SMILES string of the molecule is c1ccc(-c2c[nH]c(-c3cccc(-c4nc(-c5ccccc5)c[nH]4)c3)n2)cc1. The van der Waals surface area contributed by atoms with Gasteiger partial charge in [0.25, 0.3) is 0 Å². The summed E-state index contributed by atoms with van der Waals surface area (Å²) in [5.41, 5.74) is 6.12. The highest BCUT2D eigenvalue weighted by Crippen LogP contribution is 2.27. The van der Waals surface area contributed by atoms with Crippen molar-refractivity contribution in [1.29, 1.82) is 0 Å². The van der Waals surface area contributed by atoms with Gasteiger partial charge in [-0.1, -0.05) is 78.9 Å². The molecule has 0 spiro atoms. The van der Waals surface area contributed by atoms with E-state index in [1.54, 1.807) is 0 Å². The van der Waals surface area contributed by atoms with Crippen LogP contribution in [0.1, 0.15) is 0 Å². The smallest absolute Gasteiger partial charge is 0.138 e. The van der Waals surface area contributed by atoms with Crippen LogP contribution in [0.5, 0.6) is 0 Å². The van der Waals surface area contributed by atoms with Crippen LogP contribution in [0.25, 0.3) is 45.3 Å². The molecule has 2 heterocycles. The predicted octanol–water partition coefficient (Wildman–Crippen LogP) is 5.80. The van der Waals surface area contributed by atoms with Crippen molar-refractivity contribution in [2.45, 2.75) is 0 Å². The van der Waals surface area contributed by atoms with E-state index >= 15 is 0 Å². The Bertz CT molecular complexity index is 1110. The van der Waals surface area contributed by atoms with Crippen LogP contribution in [0.3, 0.4) is 0 Å². The zero-order chi connectivity index (χ0) is 18.8. The number of hydrogen-bond donors (Lipinski definition) is 2. The maximum Gasteiger partial charge on any atom is 0.138 e. The van der Waals surface area contributed by atoms with Crippen LogP contribution in [0.2, 0.25) is 0 Å². The van der Waals surface area contributed by atoms with Crippen molar-refractivity contribution in [3.8, 4) is 45.3 Å². The van der Waals surface area contributed by atoms with E-state index in [9.17, 15) is 0 Å². The van der Waals surface area contributed by atoms with E-state index in [-0.39, 0.29) is 0 Å². The number of H-pyrrole nitrogens is 2. The maximum absolute atomic E-state index is 4.75. The monoisotopic (exact) mass is 362 g/mol. The minimum atomic E-state index is 0.843. The summed E-state index contributed by atoms with van der Waals surface area (Å²) < 4.78 is 0. The van der Waals surface area contributed by atoms with Gasteiger partial charge in [-0.25, -0.2) is 9.97 Å². The Labute approximate surface area is 163 Å². The number of aromatic amines is 2. The van der Waals surface area contributed by atoms with E-state index < -0.39 is 0 Å². The van der Waals surface area contributed by atoms with Crippen molar-refractivity contribution in [3.05, 3.63) is 97.3 Å². The van der Waals surface area contributed by atoms with Crippen molar-refractivity contribution < 1.29 is 0 Å². The van der Waals surface area contributed by atoms with Gasteiger partial charge in [-0.3, -0.25) is 0 Å². The van der Waals surface area contributed by atoms with Gasteiger partial charge in [0, 0.05) is 34.6 Å². The molecule has 3 aromatic carbocycles. The lowest BCUT2D eigenvalue weighted by molar-refractivity contribution is 1.29. The molecule has 28 heavy (non-hydrogen) atoms. The number of benzene rings is 3. The van der Waals surface area contributed by atoms with Crippen molar-refractivity contribution in [1.82, 2.24) is 19.9 Å². The summed E-state index contributed by atoms with van der Waals surface area (Å²) in [6.07, 6.45) is 3.88. The Kier molecular flexibility index (Phi) is 4.07. The van der Waals surface area contributed by atoms with Crippen LogP contribution in [-0.2, 0) is 0 Å². The fourth-order valence-corrected chi connectivity index (χ4v) is 3.27. The summed E-state index contributed by atoms with van der Waals surface area (Å²) in [7, 11) is 0. The number of rotatable bonds is 4. The third-order valence-electron chi connectivity index (χ3n) is 4.70. The van der Waals surface area contributed by atoms with Crippen LogP contribution in [0.15, 0.2) is 97.3 Å². The van der Waals surface area contributed by atoms with E-state index in [0.29, 0.717) is 0 Å². The number of imidazole rings is 2. The number of nitrogens with one attached hydrogen (secondary N) is 2. The minimum Gasteiger partial charge on any atom is -0.344 e.